The largest absolute Gasteiger partial charge is 0.507 e. The highest BCUT2D eigenvalue weighted by atomic mass is 19.1. The molecule has 0 fully saturated rings. The standard InChI is InChI=1S/C11H9FNO/c1-2-7-6-13-10-5-8(12)3-4-9(10)11(7)14/h3-6H,1-2H2,(H,13,14). The summed E-state index contributed by atoms with van der Waals surface area (Å²) >= 11 is 0. The number of benzene rings is 1. The van der Waals surface area contributed by atoms with Gasteiger partial charge >= 0.3 is 0 Å². The highest BCUT2D eigenvalue weighted by Gasteiger charge is 2.06. The zero-order valence-electron chi connectivity index (χ0n) is 7.50. The topological polar surface area (TPSA) is 33.1 Å². The van der Waals surface area contributed by atoms with Gasteiger partial charge in [-0.1, -0.05) is 0 Å². The van der Waals surface area contributed by atoms with Crippen LogP contribution in [0.15, 0.2) is 24.4 Å². The van der Waals surface area contributed by atoms with Gasteiger partial charge in [0.15, 0.2) is 0 Å². The van der Waals surface area contributed by atoms with Crippen molar-refractivity contribution >= 4 is 10.9 Å². The summed E-state index contributed by atoms with van der Waals surface area (Å²) in [5.74, 6) is -0.211. The Morgan fingerprint density at radius 1 is 1.43 bits per heavy atom. The predicted molar refractivity (Wildman–Crippen MR) is 52.4 cm³/mol. The van der Waals surface area contributed by atoms with E-state index < -0.39 is 0 Å². The van der Waals surface area contributed by atoms with Gasteiger partial charge in [0.1, 0.15) is 11.6 Å². The second-order valence-electron chi connectivity index (χ2n) is 3.04. The van der Waals surface area contributed by atoms with E-state index in [-0.39, 0.29) is 11.6 Å². The number of aromatic hydroxyl groups is 1. The van der Waals surface area contributed by atoms with E-state index in [4.69, 9.17) is 0 Å². The molecule has 0 amide bonds. The van der Waals surface area contributed by atoms with Gasteiger partial charge in [-0.15, -0.1) is 0 Å². The summed E-state index contributed by atoms with van der Waals surface area (Å²) in [5.41, 5.74) is 1.13. The Labute approximate surface area is 81.0 Å². The molecule has 71 valence electrons. The van der Waals surface area contributed by atoms with E-state index in [1.807, 2.05) is 0 Å². The van der Waals surface area contributed by atoms with Crippen molar-refractivity contribution in [2.24, 2.45) is 0 Å². The van der Waals surface area contributed by atoms with Crippen LogP contribution in [-0.4, -0.2) is 10.1 Å². The summed E-state index contributed by atoms with van der Waals surface area (Å²) in [7, 11) is 0. The number of hydrogen-bond donors (Lipinski definition) is 1. The Balaban J connectivity index is 2.77. The molecule has 2 rings (SSSR count). The first-order valence-corrected chi connectivity index (χ1v) is 4.27. The van der Waals surface area contributed by atoms with Crippen molar-refractivity contribution < 1.29 is 9.50 Å². The molecule has 0 aliphatic heterocycles. The average Bonchev–Trinajstić information content (AvgIpc) is 2.18. The van der Waals surface area contributed by atoms with E-state index in [1.54, 1.807) is 0 Å². The van der Waals surface area contributed by atoms with Crippen LogP contribution in [0.3, 0.4) is 0 Å². The summed E-state index contributed by atoms with van der Waals surface area (Å²) in [6.07, 6.45) is 1.98. The first-order valence-electron chi connectivity index (χ1n) is 4.27. The third-order valence-corrected chi connectivity index (χ3v) is 2.15. The van der Waals surface area contributed by atoms with Crippen LogP contribution >= 0.6 is 0 Å². The minimum absolute atomic E-state index is 0.144. The number of hydrogen-bond acceptors (Lipinski definition) is 2. The molecule has 0 spiro atoms. The number of aromatic nitrogens is 1. The second-order valence-corrected chi connectivity index (χ2v) is 3.04. The summed E-state index contributed by atoms with van der Waals surface area (Å²) in [6.45, 7) is 3.67. The lowest BCUT2D eigenvalue weighted by Crippen LogP contribution is -1.88. The van der Waals surface area contributed by atoms with E-state index in [0.29, 0.717) is 22.9 Å². The zero-order chi connectivity index (χ0) is 10.1. The van der Waals surface area contributed by atoms with E-state index in [2.05, 4.69) is 11.9 Å². The monoisotopic (exact) mass is 190 g/mol. The molecule has 1 aromatic carbocycles. The molecular formula is C11H9FNO. The quantitative estimate of drug-likeness (QED) is 0.749. The fraction of sp³-hybridized carbons (Fsp3) is 0.0909. The summed E-state index contributed by atoms with van der Waals surface area (Å²) in [6, 6.07) is 4.12. The molecule has 1 aromatic heterocycles. The Kier molecular flexibility index (Phi) is 2.08. The maximum absolute atomic E-state index is 12.8. The lowest BCUT2D eigenvalue weighted by Gasteiger charge is -2.04. The fourth-order valence-corrected chi connectivity index (χ4v) is 1.38. The van der Waals surface area contributed by atoms with Gasteiger partial charge in [0, 0.05) is 23.2 Å². The Morgan fingerprint density at radius 2 is 2.21 bits per heavy atom. The SMILES string of the molecule is [CH2]Cc1cnc2cc(F)ccc2c1O. The maximum atomic E-state index is 12.8. The highest BCUT2D eigenvalue weighted by molar-refractivity contribution is 5.85. The molecule has 0 saturated carbocycles. The smallest absolute Gasteiger partial charge is 0.129 e. The van der Waals surface area contributed by atoms with Crippen LogP contribution < -0.4 is 0 Å². The van der Waals surface area contributed by atoms with Crippen LogP contribution in [-0.2, 0) is 6.42 Å². The van der Waals surface area contributed by atoms with Gasteiger partial charge in [-0.2, -0.15) is 0 Å². The third-order valence-electron chi connectivity index (χ3n) is 2.15. The van der Waals surface area contributed by atoms with Crippen molar-refractivity contribution in [3.05, 3.63) is 42.7 Å². The van der Waals surface area contributed by atoms with Gasteiger partial charge in [-0.05, 0) is 25.5 Å². The Morgan fingerprint density at radius 3 is 2.93 bits per heavy atom. The van der Waals surface area contributed by atoms with Crippen molar-refractivity contribution in [3.63, 3.8) is 0 Å². The zero-order valence-corrected chi connectivity index (χ0v) is 7.50. The van der Waals surface area contributed by atoms with Crippen LogP contribution in [0.1, 0.15) is 5.56 Å². The first-order chi connectivity index (χ1) is 6.72. The molecule has 0 aliphatic rings. The molecule has 14 heavy (non-hydrogen) atoms. The molecule has 1 radical (unpaired) electrons. The third kappa shape index (κ3) is 1.31. The van der Waals surface area contributed by atoms with Gasteiger partial charge in [-0.25, -0.2) is 4.39 Å². The van der Waals surface area contributed by atoms with Crippen LogP contribution in [0.5, 0.6) is 5.75 Å². The summed E-state index contributed by atoms with van der Waals surface area (Å²) in [5, 5.41) is 10.3. The van der Waals surface area contributed by atoms with Crippen LogP contribution in [0.4, 0.5) is 4.39 Å². The minimum Gasteiger partial charge on any atom is -0.507 e. The molecule has 1 heterocycles. The number of rotatable bonds is 1. The Bertz CT molecular complexity index is 482. The lowest BCUT2D eigenvalue weighted by molar-refractivity contribution is 0.475. The molecule has 0 bridgehead atoms. The van der Waals surface area contributed by atoms with Crippen LogP contribution in [0, 0.1) is 12.7 Å². The second kappa shape index (κ2) is 3.25. The predicted octanol–water partition coefficient (Wildman–Crippen LogP) is 2.46. The average molecular weight is 190 g/mol. The molecule has 2 nitrogen and oxygen atoms in total. The van der Waals surface area contributed by atoms with Gasteiger partial charge in [0.2, 0.25) is 0 Å². The number of halogens is 1. The number of pyridine rings is 1. The van der Waals surface area contributed by atoms with Crippen molar-refractivity contribution in [2.75, 3.05) is 0 Å². The van der Waals surface area contributed by atoms with Crippen molar-refractivity contribution in [1.82, 2.24) is 4.98 Å². The van der Waals surface area contributed by atoms with E-state index in [1.165, 1.54) is 24.4 Å². The molecule has 0 saturated heterocycles. The molecule has 3 heteroatoms. The molecule has 0 atom stereocenters. The molecule has 0 aliphatic carbocycles. The maximum Gasteiger partial charge on any atom is 0.129 e. The van der Waals surface area contributed by atoms with Crippen molar-refractivity contribution in [3.8, 4) is 5.75 Å². The van der Waals surface area contributed by atoms with E-state index >= 15 is 0 Å². The number of nitrogens with zero attached hydrogens (tertiary/aromatic N) is 1. The van der Waals surface area contributed by atoms with Gasteiger partial charge in [-0.3, -0.25) is 4.98 Å². The van der Waals surface area contributed by atoms with Gasteiger partial charge in [0.25, 0.3) is 0 Å². The molecular weight excluding hydrogens is 181 g/mol. The fourth-order valence-electron chi connectivity index (χ4n) is 1.38. The van der Waals surface area contributed by atoms with Gasteiger partial charge < -0.3 is 5.11 Å². The highest BCUT2D eigenvalue weighted by Crippen LogP contribution is 2.27. The van der Waals surface area contributed by atoms with Crippen LogP contribution in [0.2, 0.25) is 0 Å². The van der Waals surface area contributed by atoms with Crippen molar-refractivity contribution in [1.29, 1.82) is 0 Å². The molecule has 0 unspecified atom stereocenters. The van der Waals surface area contributed by atoms with Gasteiger partial charge in [0.05, 0.1) is 5.52 Å². The minimum atomic E-state index is -0.355. The molecule has 1 N–H and O–H groups in total. The van der Waals surface area contributed by atoms with Crippen LogP contribution in [0.25, 0.3) is 10.9 Å². The number of fused-ring (bicyclic) bond motifs is 1. The lowest BCUT2D eigenvalue weighted by atomic mass is 10.1. The van der Waals surface area contributed by atoms with E-state index in [9.17, 15) is 9.50 Å². The van der Waals surface area contributed by atoms with E-state index in [0.717, 1.165) is 0 Å². The summed E-state index contributed by atoms with van der Waals surface area (Å²) in [4.78, 5) is 4.03. The summed E-state index contributed by atoms with van der Waals surface area (Å²) < 4.78 is 12.8. The molecule has 2 aromatic rings. The Hall–Kier alpha value is -1.64. The first kappa shape index (κ1) is 8.94. The normalized spacial score (nSPS) is 10.7. The van der Waals surface area contributed by atoms with Crippen molar-refractivity contribution in [2.45, 2.75) is 6.42 Å².